The average Bonchev–Trinajstić information content (AvgIpc) is 2.82. The molecule has 0 bridgehead atoms. The van der Waals surface area contributed by atoms with Crippen LogP contribution in [0.2, 0.25) is 0 Å². The molecule has 0 saturated heterocycles. The van der Waals surface area contributed by atoms with Gasteiger partial charge in [-0.1, -0.05) is 36.0 Å². The van der Waals surface area contributed by atoms with Crippen molar-refractivity contribution in [1.29, 1.82) is 0 Å². The van der Waals surface area contributed by atoms with E-state index in [1.165, 1.54) is 4.57 Å². The Kier molecular flexibility index (Phi) is 7.85. The molecule has 3 N–H and O–H groups in total. The van der Waals surface area contributed by atoms with E-state index in [1.807, 2.05) is 36.5 Å². The number of pyridine rings is 2. The summed E-state index contributed by atoms with van der Waals surface area (Å²) in [6.07, 6.45) is 8.82. The van der Waals surface area contributed by atoms with Crippen molar-refractivity contribution in [3.63, 3.8) is 0 Å². The molecule has 0 radical (unpaired) electrons. The molecule has 0 fully saturated rings. The summed E-state index contributed by atoms with van der Waals surface area (Å²) in [5.41, 5.74) is 1.70. The van der Waals surface area contributed by atoms with Crippen molar-refractivity contribution in [3.05, 3.63) is 70.2 Å². The molecule has 4 rings (SSSR count). The molecule has 3 aromatic rings. The number of nitrogens with zero attached hydrogens (tertiary/aromatic N) is 2. The second kappa shape index (κ2) is 11.0. The van der Waals surface area contributed by atoms with Gasteiger partial charge in [-0.25, -0.2) is 4.98 Å². The lowest BCUT2D eigenvalue weighted by Gasteiger charge is -2.24. The van der Waals surface area contributed by atoms with E-state index in [2.05, 4.69) is 47.5 Å². The Balaban J connectivity index is 1.47. The van der Waals surface area contributed by atoms with Gasteiger partial charge in [-0.2, -0.15) is 0 Å². The zero-order chi connectivity index (χ0) is 23.2. The Morgan fingerprint density at radius 2 is 2.03 bits per heavy atom. The molecule has 0 amide bonds. The van der Waals surface area contributed by atoms with Crippen molar-refractivity contribution in [1.82, 2.24) is 14.8 Å². The molecule has 7 heteroatoms. The standard InChI is InChI=1S/C26H32N4O2S/c1-29(2)16-8-15-27-22-13-12-21-24-19(22)9-7-10-20(24)25(31)30(26(21)32)17-5-6-18-33-23-11-3-4-14-28-23/h3-4,7,9-14,22,27,32H,5-6,8,15-18H2,1-2H3/p+1. The Morgan fingerprint density at radius 3 is 2.82 bits per heavy atom. The van der Waals surface area contributed by atoms with E-state index in [0.29, 0.717) is 11.9 Å². The maximum Gasteiger partial charge on any atom is 0.261 e. The number of benzene rings is 1. The number of hydrogen-bond donors (Lipinski definition) is 2. The maximum absolute atomic E-state index is 13.3. The van der Waals surface area contributed by atoms with Gasteiger partial charge >= 0.3 is 0 Å². The molecule has 1 atom stereocenters. The largest absolute Gasteiger partial charge is 0.494 e. The Labute approximate surface area is 199 Å². The smallest absolute Gasteiger partial charge is 0.261 e. The van der Waals surface area contributed by atoms with Gasteiger partial charge in [-0.05, 0) is 64.1 Å². The van der Waals surface area contributed by atoms with Crippen LogP contribution in [0.4, 0.5) is 0 Å². The third kappa shape index (κ3) is 5.49. The molecular formula is C26H33N4O2S+. The number of unbranched alkanes of at least 4 members (excludes halogenated alkanes) is 1. The van der Waals surface area contributed by atoms with Crippen molar-refractivity contribution in [2.75, 3.05) is 32.9 Å². The fourth-order valence-corrected chi connectivity index (χ4v) is 5.21. The normalized spacial score (nSPS) is 14.9. The van der Waals surface area contributed by atoms with E-state index >= 15 is 0 Å². The molecule has 1 aliphatic carbocycles. The fraction of sp³-hybridized carbons (Fsp3) is 0.385. The third-order valence-electron chi connectivity index (χ3n) is 5.99. The first-order chi connectivity index (χ1) is 16.1. The number of thioether (sulfide) groups is 1. The second-order valence-electron chi connectivity index (χ2n) is 8.69. The Bertz CT molecular complexity index is 1170. The summed E-state index contributed by atoms with van der Waals surface area (Å²) >= 11 is 1.77. The number of aromatic hydroxyl groups is 1. The predicted octanol–water partition coefficient (Wildman–Crippen LogP) is 3.70. The van der Waals surface area contributed by atoms with Crippen molar-refractivity contribution in [2.24, 2.45) is 0 Å². The summed E-state index contributed by atoms with van der Waals surface area (Å²) in [5.74, 6) is 1.04. The Morgan fingerprint density at radius 1 is 1.15 bits per heavy atom. The van der Waals surface area contributed by atoms with Gasteiger partial charge in [0, 0.05) is 40.8 Å². The van der Waals surface area contributed by atoms with Gasteiger partial charge in [-0.15, -0.1) is 0 Å². The number of nitrogens with one attached hydrogen (secondary N) is 2. The van der Waals surface area contributed by atoms with E-state index in [0.717, 1.165) is 59.6 Å². The topological polar surface area (TPSA) is 71.6 Å². The molecule has 2 aromatic heterocycles. The number of H-pyrrole nitrogens is 1. The second-order valence-corrected chi connectivity index (χ2v) is 9.83. The summed E-state index contributed by atoms with van der Waals surface area (Å²) in [6, 6.07) is 12.0. The lowest BCUT2D eigenvalue weighted by molar-refractivity contribution is -0.426. The minimum absolute atomic E-state index is 0.0461. The van der Waals surface area contributed by atoms with Crippen LogP contribution in [0.3, 0.4) is 0 Å². The molecule has 33 heavy (non-hydrogen) atoms. The van der Waals surface area contributed by atoms with Crippen LogP contribution in [0.15, 0.2) is 58.5 Å². The van der Waals surface area contributed by atoms with E-state index in [1.54, 1.807) is 11.8 Å². The zero-order valence-electron chi connectivity index (χ0n) is 19.4. The predicted molar refractivity (Wildman–Crippen MR) is 136 cm³/mol. The van der Waals surface area contributed by atoms with Gasteiger partial charge in [0.1, 0.15) is 0 Å². The lowest BCUT2D eigenvalue weighted by atomic mass is 9.91. The first-order valence-corrected chi connectivity index (χ1v) is 12.6. The highest BCUT2D eigenvalue weighted by Gasteiger charge is 2.23. The van der Waals surface area contributed by atoms with E-state index < -0.39 is 0 Å². The van der Waals surface area contributed by atoms with Crippen molar-refractivity contribution < 1.29 is 10.1 Å². The van der Waals surface area contributed by atoms with Gasteiger partial charge in [0.25, 0.3) is 5.56 Å². The van der Waals surface area contributed by atoms with Gasteiger partial charge in [0.05, 0.1) is 6.04 Å². The van der Waals surface area contributed by atoms with Crippen LogP contribution in [0, 0.1) is 0 Å². The van der Waals surface area contributed by atoms with E-state index in [9.17, 15) is 9.90 Å². The average molecular weight is 466 g/mol. The summed E-state index contributed by atoms with van der Waals surface area (Å²) in [7, 11) is 4.15. The van der Waals surface area contributed by atoms with Crippen molar-refractivity contribution in [3.8, 4) is 5.88 Å². The SMILES string of the molecule is CN(C)CCCNC1C=Cc2c(O)n(CCCCSc3cccc[nH+]3)c(=O)c3cccc1c23. The quantitative estimate of drug-likeness (QED) is 0.334. The van der Waals surface area contributed by atoms with Crippen LogP contribution in [-0.4, -0.2) is 47.5 Å². The maximum atomic E-state index is 13.3. The monoisotopic (exact) mass is 465 g/mol. The number of hydrogen-bond acceptors (Lipinski definition) is 5. The molecule has 0 spiro atoms. The molecule has 6 nitrogen and oxygen atoms in total. The molecule has 1 unspecified atom stereocenters. The fourth-order valence-electron chi connectivity index (χ4n) is 4.32. The first-order valence-electron chi connectivity index (χ1n) is 11.6. The van der Waals surface area contributed by atoms with Crippen LogP contribution in [-0.2, 0) is 6.54 Å². The molecule has 0 saturated carbocycles. The van der Waals surface area contributed by atoms with E-state index in [-0.39, 0.29) is 17.5 Å². The van der Waals surface area contributed by atoms with Crippen LogP contribution in [0.25, 0.3) is 16.8 Å². The minimum atomic E-state index is -0.112. The molecule has 2 heterocycles. The van der Waals surface area contributed by atoms with Gasteiger partial charge < -0.3 is 15.3 Å². The van der Waals surface area contributed by atoms with Crippen molar-refractivity contribution >= 4 is 28.6 Å². The summed E-state index contributed by atoms with van der Waals surface area (Å²) in [5, 5.41) is 17.3. The van der Waals surface area contributed by atoms with Crippen LogP contribution in [0.5, 0.6) is 5.88 Å². The van der Waals surface area contributed by atoms with Crippen LogP contribution in [0.1, 0.15) is 36.4 Å². The number of aromatic amines is 1. The summed E-state index contributed by atoms with van der Waals surface area (Å²) in [4.78, 5) is 18.7. The van der Waals surface area contributed by atoms with Crippen molar-refractivity contribution in [2.45, 2.75) is 36.9 Å². The van der Waals surface area contributed by atoms with Gasteiger partial charge in [0.15, 0.2) is 6.20 Å². The van der Waals surface area contributed by atoms with E-state index in [4.69, 9.17) is 0 Å². The van der Waals surface area contributed by atoms with Crippen LogP contribution < -0.4 is 15.9 Å². The molecule has 174 valence electrons. The van der Waals surface area contributed by atoms with Gasteiger partial charge in [-0.3, -0.25) is 9.36 Å². The summed E-state index contributed by atoms with van der Waals surface area (Å²) < 4.78 is 1.54. The third-order valence-corrected chi connectivity index (χ3v) is 7.05. The Hall–Kier alpha value is -2.61. The van der Waals surface area contributed by atoms with Gasteiger partial charge in [0.2, 0.25) is 10.9 Å². The summed E-state index contributed by atoms with van der Waals surface area (Å²) in [6.45, 7) is 2.43. The lowest BCUT2D eigenvalue weighted by Crippen LogP contribution is -2.27. The molecule has 1 aromatic carbocycles. The number of rotatable bonds is 11. The molecular weight excluding hydrogens is 432 g/mol. The first kappa shape index (κ1) is 23.5. The molecule has 1 aliphatic rings. The highest BCUT2D eigenvalue weighted by molar-refractivity contribution is 7.99. The highest BCUT2D eigenvalue weighted by atomic mass is 32.2. The minimum Gasteiger partial charge on any atom is -0.494 e. The molecule has 0 aliphatic heterocycles. The van der Waals surface area contributed by atoms with Crippen LogP contribution >= 0.6 is 11.8 Å². The number of aromatic nitrogens is 2. The highest BCUT2D eigenvalue weighted by Crippen LogP contribution is 2.36. The zero-order valence-corrected chi connectivity index (χ0v) is 20.2.